The number of benzene rings is 1. The summed E-state index contributed by atoms with van der Waals surface area (Å²) in [6.45, 7) is 2.00. The molecule has 3 nitrogen and oxygen atoms in total. The smallest absolute Gasteiger partial charge is 0.150 e. The number of carbonyl (C=O) groups is 1. The molecule has 0 atom stereocenters. The van der Waals surface area contributed by atoms with Crippen molar-refractivity contribution in [2.75, 3.05) is 0 Å². The molecule has 0 spiro atoms. The largest absolute Gasteiger partial charge is 0.298 e. The van der Waals surface area contributed by atoms with Crippen LogP contribution >= 0.6 is 0 Å². The van der Waals surface area contributed by atoms with Gasteiger partial charge in [-0.3, -0.25) is 9.48 Å². The Balaban J connectivity index is 2.55. The maximum atomic E-state index is 10.6. The van der Waals surface area contributed by atoms with E-state index in [0.717, 1.165) is 23.1 Å². The summed E-state index contributed by atoms with van der Waals surface area (Å²) in [4.78, 5) is 10.6. The van der Waals surface area contributed by atoms with Gasteiger partial charge in [0, 0.05) is 24.4 Å². The van der Waals surface area contributed by atoms with Gasteiger partial charge in [-0.05, 0) is 24.6 Å². The Labute approximate surface area is 88.4 Å². The monoisotopic (exact) mass is 200 g/mol. The summed E-state index contributed by atoms with van der Waals surface area (Å²) >= 11 is 0. The van der Waals surface area contributed by atoms with Gasteiger partial charge in [-0.2, -0.15) is 5.10 Å². The van der Waals surface area contributed by atoms with Gasteiger partial charge in [0.15, 0.2) is 0 Å². The number of hydrogen-bond donors (Lipinski definition) is 0. The third kappa shape index (κ3) is 1.68. The molecular weight excluding hydrogens is 188 g/mol. The molecule has 0 N–H and O–H groups in total. The van der Waals surface area contributed by atoms with E-state index < -0.39 is 0 Å². The van der Waals surface area contributed by atoms with Crippen molar-refractivity contribution in [3.05, 3.63) is 41.6 Å². The zero-order valence-corrected chi connectivity index (χ0v) is 8.77. The van der Waals surface area contributed by atoms with Crippen LogP contribution in [0.3, 0.4) is 0 Å². The summed E-state index contributed by atoms with van der Waals surface area (Å²) in [5.41, 5.74) is 3.96. The average molecular weight is 200 g/mol. The van der Waals surface area contributed by atoms with Gasteiger partial charge >= 0.3 is 0 Å². The van der Waals surface area contributed by atoms with Crippen LogP contribution < -0.4 is 0 Å². The second-order valence-corrected chi connectivity index (χ2v) is 3.53. The number of rotatable bonds is 2. The van der Waals surface area contributed by atoms with Crippen molar-refractivity contribution in [3.63, 3.8) is 0 Å². The van der Waals surface area contributed by atoms with Crippen LogP contribution in [0.4, 0.5) is 0 Å². The number of aldehydes is 1. The van der Waals surface area contributed by atoms with Gasteiger partial charge in [0.2, 0.25) is 0 Å². The molecule has 0 radical (unpaired) electrons. The Morgan fingerprint density at radius 1 is 1.33 bits per heavy atom. The van der Waals surface area contributed by atoms with E-state index in [9.17, 15) is 4.79 Å². The lowest BCUT2D eigenvalue weighted by molar-refractivity contribution is 0.112. The Morgan fingerprint density at radius 3 is 2.67 bits per heavy atom. The van der Waals surface area contributed by atoms with Crippen LogP contribution in [0, 0.1) is 6.92 Å². The van der Waals surface area contributed by atoms with Gasteiger partial charge in [-0.25, -0.2) is 0 Å². The molecule has 0 saturated carbocycles. The molecule has 1 aromatic carbocycles. The molecule has 1 aromatic heterocycles. The summed E-state index contributed by atoms with van der Waals surface area (Å²) in [6, 6.07) is 7.62. The van der Waals surface area contributed by atoms with Crippen molar-refractivity contribution < 1.29 is 4.79 Å². The highest BCUT2D eigenvalue weighted by atomic mass is 16.1. The van der Waals surface area contributed by atoms with Crippen LogP contribution in [0.5, 0.6) is 0 Å². The SMILES string of the molecule is Cc1cc(C=O)ccc1-c1ccnn1C. The quantitative estimate of drug-likeness (QED) is 0.696. The summed E-state index contributed by atoms with van der Waals surface area (Å²) in [5, 5.41) is 4.12. The van der Waals surface area contributed by atoms with Crippen LogP contribution in [-0.4, -0.2) is 16.1 Å². The van der Waals surface area contributed by atoms with Crippen molar-refractivity contribution in [2.45, 2.75) is 6.92 Å². The molecule has 0 aliphatic rings. The van der Waals surface area contributed by atoms with Crippen LogP contribution in [0.15, 0.2) is 30.5 Å². The van der Waals surface area contributed by atoms with Gasteiger partial charge < -0.3 is 0 Å². The summed E-state index contributed by atoms with van der Waals surface area (Å²) < 4.78 is 1.82. The van der Waals surface area contributed by atoms with Crippen molar-refractivity contribution >= 4 is 6.29 Å². The van der Waals surface area contributed by atoms with Gasteiger partial charge in [0.1, 0.15) is 6.29 Å². The van der Waals surface area contributed by atoms with Gasteiger partial charge in [0.25, 0.3) is 0 Å². The number of nitrogens with zero attached hydrogens (tertiary/aromatic N) is 2. The van der Waals surface area contributed by atoms with E-state index in [1.807, 2.05) is 42.9 Å². The van der Waals surface area contributed by atoms with E-state index >= 15 is 0 Å². The van der Waals surface area contributed by atoms with E-state index in [1.165, 1.54) is 0 Å². The third-order valence-corrected chi connectivity index (χ3v) is 2.48. The van der Waals surface area contributed by atoms with E-state index in [4.69, 9.17) is 0 Å². The average Bonchev–Trinajstić information content (AvgIpc) is 2.64. The lowest BCUT2D eigenvalue weighted by Crippen LogP contribution is -1.95. The Bertz CT molecular complexity index is 500. The Kier molecular flexibility index (Phi) is 2.37. The van der Waals surface area contributed by atoms with E-state index in [1.54, 1.807) is 6.20 Å². The van der Waals surface area contributed by atoms with E-state index in [0.29, 0.717) is 5.56 Å². The molecule has 0 bridgehead atoms. The number of carbonyl (C=O) groups excluding carboxylic acids is 1. The molecule has 0 unspecified atom stereocenters. The Hall–Kier alpha value is -1.90. The van der Waals surface area contributed by atoms with Crippen LogP contribution in [0.2, 0.25) is 0 Å². The molecular formula is C12H12N2O. The van der Waals surface area contributed by atoms with Crippen LogP contribution in [-0.2, 0) is 7.05 Å². The molecule has 0 saturated heterocycles. The van der Waals surface area contributed by atoms with Crippen molar-refractivity contribution in [1.29, 1.82) is 0 Å². The van der Waals surface area contributed by atoms with E-state index in [-0.39, 0.29) is 0 Å². The minimum Gasteiger partial charge on any atom is -0.298 e. The normalized spacial score (nSPS) is 10.3. The lowest BCUT2D eigenvalue weighted by atomic mass is 10.0. The second kappa shape index (κ2) is 3.69. The fourth-order valence-electron chi connectivity index (χ4n) is 1.69. The molecule has 0 fully saturated rings. The number of hydrogen-bond acceptors (Lipinski definition) is 2. The first-order valence-electron chi connectivity index (χ1n) is 4.76. The number of aromatic nitrogens is 2. The highest BCUT2D eigenvalue weighted by Gasteiger charge is 2.05. The maximum Gasteiger partial charge on any atom is 0.150 e. The first-order chi connectivity index (χ1) is 7.22. The highest BCUT2D eigenvalue weighted by Crippen LogP contribution is 2.22. The Morgan fingerprint density at radius 2 is 2.13 bits per heavy atom. The molecule has 0 amide bonds. The van der Waals surface area contributed by atoms with Gasteiger partial charge in [0.05, 0.1) is 5.69 Å². The molecule has 0 aliphatic carbocycles. The minimum atomic E-state index is 0.707. The van der Waals surface area contributed by atoms with Crippen molar-refractivity contribution in [1.82, 2.24) is 9.78 Å². The molecule has 2 aromatic rings. The van der Waals surface area contributed by atoms with Gasteiger partial charge in [-0.1, -0.05) is 12.1 Å². The fourth-order valence-corrected chi connectivity index (χ4v) is 1.69. The molecule has 0 aliphatic heterocycles. The van der Waals surface area contributed by atoms with Crippen LogP contribution in [0.1, 0.15) is 15.9 Å². The molecule has 76 valence electrons. The third-order valence-electron chi connectivity index (χ3n) is 2.48. The zero-order chi connectivity index (χ0) is 10.8. The summed E-state index contributed by atoms with van der Waals surface area (Å²) in [7, 11) is 1.91. The fraction of sp³-hybridized carbons (Fsp3) is 0.167. The molecule has 1 heterocycles. The van der Waals surface area contributed by atoms with E-state index in [2.05, 4.69) is 5.10 Å². The van der Waals surface area contributed by atoms with Gasteiger partial charge in [-0.15, -0.1) is 0 Å². The minimum absolute atomic E-state index is 0.707. The predicted octanol–water partition coefficient (Wildman–Crippen LogP) is 2.21. The van der Waals surface area contributed by atoms with Crippen molar-refractivity contribution in [2.24, 2.45) is 7.05 Å². The molecule has 3 heteroatoms. The van der Waals surface area contributed by atoms with Crippen LogP contribution in [0.25, 0.3) is 11.3 Å². The lowest BCUT2D eigenvalue weighted by Gasteiger charge is -2.06. The predicted molar refractivity (Wildman–Crippen MR) is 58.8 cm³/mol. The molecule has 15 heavy (non-hydrogen) atoms. The second-order valence-electron chi connectivity index (χ2n) is 3.53. The highest BCUT2D eigenvalue weighted by molar-refractivity contribution is 5.77. The molecule has 2 rings (SSSR count). The number of aryl methyl sites for hydroxylation is 2. The maximum absolute atomic E-state index is 10.6. The first-order valence-corrected chi connectivity index (χ1v) is 4.76. The first kappa shape index (κ1) is 9.65. The van der Waals surface area contributed by atoms with Crippen molar-refractivity contribution in [3.8, 4) is 11.3 Å². The topological polar surface area (TPSA) is 34.9 Å². The summed E-state index contributed by atoms with van der Waals surface area (Å²) in [5.74, 6) is 0. The summed E-state index contributed by atoms with van der Waals surface area (Å²) in [6.07, 6.45) is 2.63. The zero-order valence-electron chi connectivity index (χ0n) is 8.77. The standard InChI is InChI=1S/C12H12N2O/c1-9-7-10(8-15)3-4-11(9)12-5-6-13-14(12)2/h3-8H,1-2H3.